The summed E-state index contributed by atoms with van der Waals surface area (Å²) in [5, 5.41) is 6.25. The lowest BCUT2D eigenvalue weighted by molar-refractivity contribution is -0.126. The van der Waals surface area contributed by atoms with E-state index in [1.165, 1.54) is 12.1 Å². The summed E-state index contributed by atoms with van der Waals surface area (Å²) in [5.41, 5.74) is -0.252. The van der Waals surface area contributed by atoms with Crippen molar-refractivity contribution < 1.29 is 9.18 Å². The number of piperidine rings is 1. The van der Waals surface area contributed by atoms with E-state index >= 15 is 0 Å². The molecule has 0 spiro atoms. The van der Waals surface area contributed by atoms with Crippen molar-refractivity contribution in [1.29, 1.82) is 0 Å². The van der Waals surface area contributed by atoms with Crippen LogP contribution in [0, 0.1) is 11.2 Å². The van der Waals surface area contributed by atoms with Crippen LogP contribution in [0.2, 0.25) is 5.02 Å². The lowest BCUT2D eigenvalue weighted by atomic mass is 9.77. The molecule has 1 aliphatic heterocycles. The normalized spacial score (nSPS) is 23.1. The highest BCUT2D eigenvalue weighted by Crippen LogP contribution is 2.32. The average Bonchev–Trinajstić information content (AvgIpc) is 2.42. The lowest BCUT2D eigenvalue weighted by Crippen LogP contribution is -2.47. The second-order valence-electron chi connectivity index (χ2n) is 4.99. The fourth-order valence-corrected chi connectivity index (χ4v) is 2.63. The number of carbonyl (C=O) groups is 1. The molecule has 0 radical (unpaired) electrons. The Labute approximate surface area is 117 Å². The first-order valence-electron chi connectivity index (χ1n) is 6.54. The molecule has 19 heavy (non-hydrogen) atoms. The zero-order valence-corrected chi connectivity index (χ0v) is 11.7. The van der Waals surface area contributed by atoms with Crippen molar-refractivity contribution in [2.24, 2.45) is 5.41 Å². The number of carbonyl (C=O) groups excluding carboxylic acids is 1. The molecule has 1 amide bonds. The highest BCUT2D eigenvalue weighted by molar-refractivity contribution is 6.30. The topological polar surface area (TPSA) is 41.1 Å². The molecule has 2 N–H and O–H groups in total. The Hall–Kier alpha value is -1.13. The lowest BCUT2D eigenvalue weighted by Gasteiger charge is -2.35. The first-order chi connectivity index (χ1) is 9.07. The van der Waals surface area contributed by atoms with Gasteiger partial charge in [0, 0.05) is 11.6 Å². The summed E-state index contributed by atoms with van der Waals surface area (Å²) in [6.45, 7) is 3.57. The van der Waals surface area contributed by atoms with Gasteiger partial charge >= 0.3 is 0 Å². The summed E-state index contributed by atoms with van der Waals surface area (Å²) < 4.78 is 13.7. The van der Waals surface area contributed by atoms with Gasteiger partial charge in [0.05, 0.1) is 11.1 Å². The van der Waals surface area contributed by atoms with Gasteiger partial charge in [0.1, 0.15) is 5.82 Å². The molecular formula is C14H18ClFN2O. The van der Waals surface area contributed by atoms with Gasteiger partial charge in [-0.25, -0.2) is 4.39 Å². The third-order valence-electron chi connectivity index (χ3n) is 3.81. The van der Waals surface area contributed by atoms with Crippen LogP contribution in [0.1, 0.15) is 26.2 Å². The fraction of sp³-hybridized carbons (Fsp3) is 0.500. The summed E-state index contributed by atoms with van der Waals surface area (Å²) in [4.78, 5) is 12.4. The van der Waals surface area contributed by atoms with Crippen molar-refractivity contribution in [2.45, 2.75) is 26.2 Å². The largest absolute Gasteiger partial charge is 0.323 e. The molecule has 1 fully saturated rings. The minimum atomic E-state index is -0.504. The van der Waals surface area contributed by atoms with Crippen LogP contribution >= 0.6 is 11.6 Å². The molecule has 0 bridgehead atoms. The third-order valence-corrected chi connectivity index (χ3v) is 4.05. The first-order valence-corrected chi connectivity index (χ1v) is 6.92. The van der Waals surface area contributed by atoms with Crippen LogP contribution in [0.5, 0.6) is 0 Å². The quantitative estimate of drug-likeness (QED) is 0.895. The number of hydrogen-bond donors (Lipinski definition) is 2. The highest BCUT2D eigenvalue weighted by atomic mass is 35.5. The van der Waals surface area contributed by atoms with Gasteiger partial charge in [-0.2, -0.15) is 0 Å². The minimum Gasteiger partial charge on any atom is -0.323 e. The van der Waals surface area contributed by atoms with Gasteiger partial charge in [0.25, 0.3) is 0 Å². The third kappa shape index (κ3) is 3.07. The standard InChI is InChI=1S/C14H18ClFN2O/c1-2-14(6-3-7-17-9-14)13(19)18-12-5-4-10(15)8-11(12)16/h4-5,8,17H,2-3,6-7,9H2,1H3,(H,18,19). The molecule has 1 unspecified atom stereocenters. The van der Waals surface area contributed by atoms with Crippen LogP contribution in [0.4, 0.5) is 10.1 Å². The monoisotopic (exact) mass is 284 g/mol. The van der Waals surface area contributed by atoms with Gasteiger partial charge in [-0.05, 0) is 44.0 Å². The van der Waals surface area contributed by atoms with Crippen LogP contribution in [-0.2, 0) is 4.79 Å². The van der Waals surface area contributed by atoms with Crippen molar-refractivity contribution in [3.63, 3.8) is 0 Å². The van der Waals surface area contributed by atoms with Crippen LogP contribution in [0.15, 0.2) is 18.2 Å². The van der Waals surface area contributed by atoms with Crippen molar-refractivity contribution in [3.8, 4) is 0 Å². The maximum atomic E-state index is 13.7. The van der Waals surface area contributed by atoms with E-state index in [1.54, 1.807) is 6.07 Å². The van der Waals surface area contributed by atoms with Gasteiger partial charge in [-0.1, -0.05) is 18.5 Å². The number of nitrogens with one attached hydrogen (secondary N) is 2. The molecule has 2 rings (SSSR count). The fourth-order valence-electron chi connectivity index (χ4n) is 2.47. The molecule has 1 saturated heterocycles. The molecule has 1 atom stereocenters. The zero-order valence-electron chi connectivity index (χ0n) is 10.9. The van der Waals surface area contributed by atoms with Crippen molar-refractivity contribution >= 4 is 23.2 Å². The second kappa shape index (κ2) is 5.88. The number of benzene rings is 1. The Bertz CT molecular complexity index is 473. The molecule has 5 heteroatoms. The van der Waals surface area contributed by atoms with Crippen LogP contribution in [-0.4, -0.2) is 19.0 Å². The van der Waals surface area contributed by atoms with Crippen molar-refractivity contribution in [2.75, 3.05) is 18.4 Å². The van der Waals surface area contributed by atoms with Gasteiger partial charge in [0.2, 0.25) is 5.91 Å². The molecular weight excluding hydrogens is 267 g/mol. The van der Waals surface area contributed by atoms with E-state index in [0.717, 1.165) is 25.8 Å². The summed E-state index contributed by atoms with van der Waals surface area (Å²) in [5.74, 6) is -0.626. The Balaban J connectivity index is 2.15. The Morgan fingerprint density at radius 1 is 1.58 bits per heavy atom. The zero-order chi connectivity index (χ0) is 13.9. The number of halogens is 2. The molecule has 1 aromatic carbocycles. The maximum Gasteiger partial charge on any atom is 0.231 e. The van der Waals surface area contributed by atoms with Gasteiger partial charge in [0.15, 0.2) is 0 Å². The Morgan fingerprint density at radius 3 is 2.95 bits per heavy atom. The number of hydrogen-bond acceptors (Lipinski definition) is 2. The van der Waals surface area contributed by atoms with Crippen LogP contribution in [0.25, 0.3) is 0 Å². The molecule has 1 heterocycles. The molecule has 0 aliphatic carbocycles. The van der Waals surface area contributed by atoms with E-state index < -0.39 is 11.2 Å². The number of rotatable bonds is 3. The van der Waals surface area contributed by atoms with Gasteiger partial charge in [-0.15, -0.1) is 0 Å². The predicted octanol–water partition coefficient (Wildman–Crippen LogP) is 3.20. The van der Waals surface area contributed by atoms with Crippen molar-refractivity contribution in [1.82, 2.24) is 5.32 Å². The Kier molecular flexibility index (Phi) is 4.42. The summed E-state index contributed by atoms with van der Waals surface area (Å²) in [7, 11) is 0. The van der Waals surface area contributed by atoms with E-state index in [9.17, 15) is 9.18 Å². The van der Waals surface area contributed by atoms with E-state index in [4.69, 9.17) is 11.6 Å². The highest BCUT2D eigenvalue weighted by Gasteiger charge is 2.38. The van der Waals surface area contributed by atoms with Gasteiger partial charge in [-0.3, -0.25) is 4.79 Å². The van der Waals surface area contributed by atoms with Crippen LogP contribution in [0.3, 0.4) is 0 Å². The molecule has 0 saturated carbocycles. The number of anilines is 1. The van der Waals surface area contributed by atoms with E-state index in [2.05, 4.69) is 10.6 Å². The Morgan fingerprint density at radius 2 is 2.37 bits per heavy atom. The summed E-state index contributed by atoms with van der Waals surface area (Å²) in [6, 6.07) is 4.27. The van der Waals surface area contributed by atoms with E-state index in [-0.39, 0.29) is 11.6 Å². The van der Waals surface area contributed by atoms with E-state index in [0.29, 0.717) is 11.6 Å². The van der Waals surface area contributed by atoms with Crippen molar-refractivity contribution in [3.05, 3.63) is 29.0 Å². The molecule has 3 nitrogen and oxygen atoms in total. The number of amides is 1. The van der Waals surface area contributed by atoms with E-state index in [1.807, 2.05) is 6.92 Å². The molecule has 104 valence electrons. The summed E-state index contributed by atoms with van der Waals surface area (Å²) in [6.07, 6.45) is 2.53. The van der Waals surface area contributed by atoms with Crippen LogP contribution < -0.4 is 10.6 Å². The van der Waals surface area contributed by atoms with Gasteiger partial charge < -0.3 is 10.6 Å². The smallest absolute Gasteiger partial charge is 0.231 e. The average molecular weight is 285 g/mol. The summed E-state index contributed by atoms with van der Waals surface area (Å²) >= 11 is 5.69. The SMILES string of the molecule is CCC1(C(=O)Nc2ccc(Cl)cc2F)CCCNC1. The predicted molar refractivity (Wildman–Crippen MR) is 74.9 cm³/mol. The molecule has 1 aliphatic rings. The first kappa shape index (κ1) is 14.3. The minimum absolute atomic E-state index is 0.122. The maximum absolute atomic E-state index is 13.7. The second-order valence-corrected chi connectivity index (χ2v) is 5.43. The molecule has 0 aromatic heterocycles. The molecule has 1 aromatic rings.